The van der Waals surface area contributed by atoms with Crippen LogP contribution in [0.4, 0.5) is 0 Å². The van der Waals surface area contributed by atoms with Gasteiger partial charge in [-0.15, -0.1) is 0 Å². The van der Waals surface area contributed by atoms with Crippen molar-refractivity contribution in [3.63, 3.8) is 0 Å². The molecule has 1 saturated heterocycles. The maximum absolute atomic E-state index is 11.0. The summed E-state index contributed by atoms with van der Waals surface area (Å²) < 4.78 is 0. The molecule has 0 atom stereocenters. The molecule has 4 nitrogen and oxygen atoms in total. The minimum absolute atomic E-state index is 0.0900. The van der Waals surface area contributed by atoms with Crippen LogP contribution in [-0.4, -0.2) is 35.4 Å². The molecule has 0 spiro atoms. The van der Waals surface area contributed by atoms with E-state index in [0.29, 0.717) is 0 Å². The molecular formula is C13H19N3O. The van der Waals surface area contributed by atoms with Gasteiger partial charge < -0.3 is 10.6 Å². The van der Waals surface area contributed by atoms with Crippen LogP contribution in [0.15, 0.2) is 24.5 Å². The molecular weight excluding hydrogens is 214 g/mol. The number of amides is 1. The Morgan fingerprint density at radius 2 is 2.00 bits per heavy atom. The lowest BCUT2D eigenvalue weighted by Crippen LogP contribution is -2.39. The number of nitrogens with zero attached hydrogens (tertiary/aromatic N) is 2. The summed E-state index contributed by atoms with van der Waals surface area (Å²) in [5, 5.41) is 0. The van der Waals surface area contributed by atoms with Gasteiger partial charge in [0.15, 0.2) is 0 Å². The van der Waals surface area contributed by atoms with E-state index in [2.05, 4.69) is 22.0 Å². The number of pyridine rings is 1. The first-order chi connectivity index (χ1) is 8.25. The van der Waals surface area contributed by atoms with Crippen molar-refractivity contribution in [2.24, 2.45) is 11.7 Å². The summed E-state index contributed by atoms with van der Waals surface area (Å²) >= 11 is 0. The number of rotatable bonds is 4. The van der Waals surface area contributed by atoms with Crippen LogP contribution in [0.25, 0.3) is 0 Å². The van der Waals surface area contributed by atoms with Gasteiger partial charge in [-0.25, -0.2) is 0 Å². The fourth-order valence-corrected chi connectivity index (χ4v) is 2.28. The predicted octanol–water partition coefficient (Wildman–Crippen LogP) is 0.821. The van der Waals surface area contributed by atoms with Crippen LogP contribution in [0.2, 0.25) is 0 Å². The highest BCUT2D eigenvalue weighted by Gasteiger charge is 2.22. The zero-order valence-corrected chi connectivity index (χ0v) is 10.0. The molecule has 0 bridgehead atoms. The monoisotopic (exact) mass is 233 g/mol. The van der Waals surface area contributed by atoms with E-state index < -0.39 is 0 Å². The second-order valence-corrected chi connectivity index (χ2v) is 4.62. The van der Waals surface area contributed by atoms with Gasteiger partial charge in [-0.3, -0.25) is 9.78 Å². The molecule has 1 fully saturated rings. The molecule has 2 rings (SSSR count). The summed E-state index contributed by atoms with van der Waals surface area (Å²) in [7, 11) is 0. The fourth-order valence-electron chi connectivity index (χ4n) is 2.28. The third-order valence-corrected chi connectivity index (χ3v) is 3.46. The normalized spacial score (nSPS) is 18.1. The zero-order valence-electron chi connectivity index (χ0n) is 10.0. The van der Waals surface area contributed by atoms with Crippen LogP contribution in [-0.2, 0) is 11.2 Å². The summed E-state index contributed by atoms with van der Waals surface area (Å²) in [4.78, 5) is 17.4. The summed E-state index contributed by atoms with van der Waals surface area (Å²) in [5.74, 6) is -0.0500. The molecule has 1 amide bonds. The maximum Gasteiger partial charge on any atom is 0.220 e. The van der Waals surface area contributed by atoms with Crippen molar-refractivity contribution in [2.75, 3.05) is 19.6 Å². The van der Waals surface area contributed by atoms with Crippen molar-refractivity contribution in [2.45, 2.75) is 19.3 Å². The number of primary amides is 1. The lowest BCUT2D eigenvalue weighted by molar-refractivity contribution is -0.123. The van der Waals surface area contributed by atoms with Crippen LogP contribution in [0.3, 0.4) is 0 Å². The molecule has 4 heteroatoms. The highest BCUT2D eigenvalue weighted by Crippen LogP contribution is 2.16. The van der Waals surface area contributed by atoms with Gasteiger partial charge in [-0.05, 0) is 50.0 Å². The topological polar surface area (TPSA) is 59.2 Å². The number of piperidine rings is 1. The van der Waals surface area contributed by atoms with E-state index in [0.717, 1.165) is 38.9 Å². The van der Waals surface area contributed by atoms with E-state index >= 15 is 0 Å². The molecule has 0 radical (unpaired) electrons. The van der Waals surface area contributed by atoms with Gasteiger partial charge in [0, 0.05) is 24.9 Å². The van der Waals surface area contributed by atoms with E-state index in [9.17, 15) is 4.79 Å². The van der Waals surface area contributed by atoms with Gasteiger partial charge in [0.2, 0.25) is 5.91 Å². The predicted molar refractivity (Wildman–Crippen MR) is 66.3 cm³/mol. The van der Waals surface area contributed by atoms with Crippen molar-refractivity contribution in [1.82, 2.24) is 9.88 Å². The molecule has 0 aliphatic carbocycles. The molecule has 1 aliphatic rings. The summed E-state index contributed by atoms with van der Waals surface area (Å²) in [5.41, 5.74) is 6.63. The van der Waals surface area contributed by atoms with Crippen LogP contribution in [0.1, 0.15) is 18.4 Å². The second kappa shape index (κ2) is 5.77. The molecule has 0 aromatic carbocycles. The number of aromatic nitrogens is 1. The molecule has 0 unspecified atom stereocenters. The van der Waals surface area contributed by atoms with Crippen LogP contribution in [0.5, 0.6) is 0 Å². The summed E-state index contributed by atoms with van der Waals surface area (Å²) in [6.45, 7) is 3.02. The number of hydrogen-bond acceptors (Lipinski definition) is 3. The average Bonchev–Trinajstić information content (AvgIpc) is 2.38. The van der Waals surface area contributed by atoms with Crippen molar-refractivity contribution in [1.29, 1.82) is 0 Å². The first-order valence-electron chi connectivity index (χ1n) is 6.16. The molecule has 1 aromatic heterocycles. The Bertz CT molecular complexity index is 358. The molecule has 0 saturated carbocycles. The first-order valence-corrected chi connectivity index (χ1v) is 6.16. The number of likely N-dealkylation sites (tertiary alicyclic amines) is 1. The van der Waals surface area contributed by atoms with Crippen molar-refractivity contribution in [3.05, 3.63) is 30.1 Å². The third kappa shape index (κ3) is 3.53. The minimum atomic E-state index is -0.140. The number of nitrogens with two attached hydrogens (primary N) is 1. The van der Waals surface area contributed by atoms with Crippen LogP contribution in [0, 0.1) is 5.92 Å². The van der Waals surface area contributed by atoms with E-state index in [1.807, 2.05) is 12.4 Å². The van der Waals surface area contributed by atoms with E-state index in [4.69, 9.17) is 5.73 Å². The van der Waals surface area contributed by atoms with Gasteiger partial charge in [-0.2, -0.15) is 0 Å². The van der Waals surface area contributed by atoms with E-state index in [-0.39, 0.29) is 11.8 Å². The van der Waals surface area contributed by atoms with Gasteiger partial charge >= 0.3 is 0 Å². The molecule has 2 heterocycles. The molecule has 17 heavy (non-hydrogen) atoms. The van der Waals surface area contributed by atoms with Crippen molar-refractivity contribution in [3.8, 4) is 0 Å². The van der Waals surface area contributed by atoms with Gasteiger partial charge in [0.1, 0.15) is 0 Å². The SMILES string of the molecule is NC(=O)C1CCN(CCc2ccncc2)CC1. The van der Waals surface area contributed by atoms with Gasteiger partial charge in [-0.1, -0.05) is 0 Å². The lowest BCUT2D eigenvalue weighted by Gasteiger charge is -2.30. The minimum Gasteiger partial charge on any atom is -0.369 e. The van der Waals surface area contributed by atoms with Gasteiger partial charge in [0.05, 0.1) is 0 Å². The number of hydrogen-bond donors (Lipinski definition) is 1. The van der Waals surface area contributed by atoms with Crippen molar-refractivity contribution >= 4 is 5.91 Å². The molecule has 1 aliphatic heterocycles. The van der Waals surface area contributed by atoms with Crippen LogP contribution < -0.4 is 5.73 Å². The Morgan fingerprint density at radius 1 is 1.35 bits per heavy atom. The fraction of sp³-hybridized carbons (Fsp3) is 0.538. The van der Waals surface area contributed by atoms with Crippen molar-refractivity contribution < 1.29 is 4.79 Å². The maximum atomic E-state index is 11.0. The lowest BCUT2D eigenvalue weighted by atomic mass is 9.96. The summed E-state index contributed by atoms with van der Waals surface area (Å²) in [6, 6.07) is 4.10. The smallest absolute Gasteiger partial charge is 0.220 e. The van der Waals surface area contributed by atoms with Gasteiger partial charge in [0.25, 0.3) is 0 Å². The summed E-state index contributed by atoms with van der Waals surface area (Å²) in [6.07, 6.45) is 6.52. The molecule has 1 aromatic rings. The quantitative estimate of drug-likeness (QED) is 0.837. The Morgan fingerprint density at radius 3 is 2.59 bits per heavy atom. The third-order valence-electron chi connectivity index (χ3n) is 3.46. The number of carbonyl (C=O) groups is 1. The Balaban J connectivity index is 1.74. The number of carbonyl (C=O) groups excluding carboxylic acids is 1. The average molecular weight is 233 g/mol. The highest BCUT2D eigenvalue weighted by atomic mass is 16.1. The second-order valence-electron chi connectivity index (χ2n) is 4.62. The van der Waals surface area contributed by atoms with E-state index in [1.165, 1.54) is 5.56 Å². The largest absolute Gasteiger partial charge is 0.369 e. The van der Waals surface area contributed by atoms with E-state index in [1.54, 1.807) is 0 Å². The first kappa shape index (κ1) is 12.0. The zero-order chi connectivity index (χ0) is 12.1. The Kier molecular flexibility index (Phi) is 4.09. The Labute approximate surface area is 102 Å². The highest BCUT2D eigenvalue weighted by molar-refractivity contribution is 5.76. The van der Waals surface area contributed by atoms with Crippen LogP contribution >= 0.6 is 0 Å². The Hall–Kier alpha value is -1.42. The molecule has 2 N–H and O–H groups in total. The molecule has 92 valence electrons. The standard InChI is InChI=1S/C13H19N3O/c14-13(17)12-4-9-16(10-5-12)8-3-11-1-6-15-7-2-11/h1-2,6-7,12H,3-5,8-10H2,(H2,14,17).